The number of hydrogen-bond donors (Lipinski definition) is 0. The zero-order chi connectivity index (χ0) is 32.6. The Morgan fingerprint density at radius 3 is 1.94 bits per heavy atom. The lowest BCUT2D eigenvalue weighted by Gasteiger charge is -2.13. The van der Waals surface area contributed by atoms with Crippen LogP contribution in [0, 0.1) is 17.9 Å². The summed E-state index contributed by atoms with van der Waals surface area (Å²) in [4.78, 5) is 3.80. The van der Waals surface area contributed by atoms with Gasteiger partial charge in [-0.1, -0.05) is 66.7 Å². The van der Waals surface area contributed by atoms with Crippen LogP contribution in [0.3, 0.4) is 0 Å². The van der Waals surface area contributed by atoms with Crippen molar-refractivity contribution < 1.29 is 0 Å². The third-order valence-electron chi connectivity index (χ3n) is 9.73. The number of thiophene rings is 1. The summed E-state index contributed by atoms with van der Waals surface area (Å²) in [7, 11) is 0. The first-order valence-electron chi connectivity index (χ1n) is 16.1. The fourth-order valence-corrected chi connectivity index (χ4v) is 8.74. The summed E-state index contributed by atoms with van der Waals surface area (Å²) < 4.78 is 7.15. The Balaban J connectivity index is 1.18. The van der Waals surface area contributed by atoms with E-state index in [1.54, 1.807) is 0 Å². The minimum Gasteiger partial charge on any atom is -0.309 e. The Morgan fingerprint density at radius 2 is 1.16 bits per heavy atom. The van der Waals surface area contributed by atoms with Crippen molar-refractivity contribution in [3.05, 3.63) is 163 Å². The normalized spacial score (nSPS) is 11.6. The van der Waals surface area contributed by atoms with E-state index in [1.165, 1.54) is 25.6 Å². The smallest absolute Gasteiger partial charge is 0.188 e. The Labute approximate surface area is 285 Å². The molecule has 0 saturated heterocycles. The zero-order valence-corrected chi connectivity index (χ0v) is 26.9. The van der Waals surface area contributed by atoms with Crippen molar-refractivity contribution in [1.29, 1.82) is 5.26 Å². The first kappa shape index (κ1) is 27.5. The topological polar surface area (TPSA) is 38.0 Å². The summed E-state index contributed by atoms with van der Waals surface area (Å²) in [5, 5.41) is 16.6. The molecule has 0 amide bonds. The van der Waals surface area contributed by atoms with Gasteiger partial charge in [0.2, 0.25) is 0 Å². The van der Waals surface area contributed by atoms with Gasteiger partial charge in [0, 0.05) is 47.7 Å². The van der Waals surface area contributed by atoms with Crippen molar-refractivity contribution in [3.63, 3.8) is 0 Å². The van der Waals surface area contributed by atoms with Gasteiger partial charge in [0.25, 0.3) is 0 Å². The number of aromatic nitrogens is 2. The molecule has 0 bridgehead atoms. The van der Waals surface area contributed by atoms with Crippen molar-refractivity contribution in [2.24, 2.45) is 0 Å². The lowest BCUT2D eigenvalue weighted by molar-refractivity contribution is 1.17. The average molecular weight is 641 g/mol. The molecule has 4 nitrogen and oxygen atoms in total. The van der Waals surface area contributed by atoms with E-state index in [0.717, 1.165) is 60.7 Å². The van der Waals surface area contributed by atoms with Gasteiger partial charge in [-0.3, -0.25) is 0 Å². The highest BCUT2D eigenvalue weighted by Crippen LogP contribution is 2.44. The summed E-state index contributed by atoms with van der Waals surface area (Å²) in [6.07, 6.45) is 0. The molecule has 49 heavy (non-hydrogen) atoms. The molecule has 0 aliphatic carbocycles. The van der Waals surface area contributed by atoms with Gasteiger partial charge in [-0.2, -0.15) is 5.26 Å². The van der Waals surface area contributed by atoms with Gasteiger partial charge >= 0.3 is 0 Å². The Bertz CT molecular complexity index is 3090. The molecule has 0 aliphatic rings. The highest BCUT2D eigenvalue weighted by atomic mass is 32.1. The van der Waals surface area contributed by atoms with Crippen LogP contribution in [0.2, 0.25) is 0 Å². The lowest BCUT2D eigenvalue weighted by Crippen LogP contribution is -1.96. The second-order valence-electron chi connectivity index (χ2n) is 12.4. The number of hydrogen-bond acceptors (Lipinski definition) is 2. The van der Waals surface area contributed by atoms with E-state index in [0.29, 0.717) is 11.3 Å². The molecular formula is C44H24N4S. The molecule has 0 spiro atoms. The predicted molar refractivity (Wildman–Crippen MR) is 204 cm³/mol. The van der Waals surface area contributed by atoms with Gasteiger partial charge in [0.15, 0.2) is 5.69 Å². The average Bonchev–Trinajstić information content (AvgIpc) is 3.81. The van der Waals surface area contributed by atoms with E-state index in [4.69, 9.17) is 6.57 Å². The molecule has 0 atom stereocenters. The van der Waals surface area contributed by atoms with Crippen LogP contribution < -0.4 is 0 Å². The van der Waals surface area contributed by atoms with Crippen LogP contribution in [0.1, 0.15) is 5.56 Å². The van der Waals surface area contributed by atoms with Crippen LogP contribution in [-0.2, 0) is 0 Å². The molecule has 3 heterocycles. The Kier molecular flexibility index (Phi) is 5.84. The number of nitriles is 1. The predicted octanol–water partition coefficient (Wildman–Crippen LogP) is 12.3. The van der Waals surface area contributed by atoms with Crippen LogP contribution in [0.5, 0.6) is 0 Å². The largest absolute Gasteiger partial charge is 0.309 e. The van der Waals surface area contributed by atoms with E-state index >= 15 is 0 Å². The van der Waals surface area contributed by atoms with Crippen molar-refractivity contribution in [2.75, 3.05) is 0 Å². The molecule has 5 heteroatoms. The first-order chi connectivity index (χ1) is 24.2. The molecule has 0 fully saturated rings. The van der Waals surface area contributed by atoms with Crippen molar-refractivity contribution in [3.8, 4) is 28.6 Å². The van der Waals surface area contributed by atoms with Crippen LogP contribution in [0.15, 0.2) is 146 Å². The molecule has 0 N–H and O–H groups in total. The minimum atomic E-state index is 0.641. The quantitative estimate of drug-likeness (QED) is 0.177. The van der Waals surface area contributed by atoms with Crippen LogP contribution in [0.4, 0.5) is 5.69 Å². The van der Waals surface area contributed by atoms with E-state index in [-0.39, 0.29) is 0 Å². The Morgan fingerprint density at radius 1 is 0.510 bits per heavy atom. The third kappa shape index (κ3) is 4.01. The van der Waals surface area contributed by atoms with E-state index in [9.17, 15) is 5.26 Å². The SMILES string of the molecule is [C-]#[N+]c1ccc2c(c1)c1c3c(ccc1n2-c1cccc(-c2cccc(-n4c5ccccc5c5cc(C#N)ccc54)c2)c1)sc1ccccc13. The highest BCUT2D eigenvalue weighted by Gasteiger charge is 2.19. The van der Waals surface area contributed by atoms with Gasteiger partial charge in [-0.05, 0) is 95.4 Å². The van der Waals surface area contributed by atoms with Gasteiger partial charge in [0.1, 0.15) is 0 Å². The summed E-state index contributed by atoms with van der Waals surface area (Å²) in [5.41, 5.74) is 10.0. The molecular weight excluding hydrogens is 617 g/mol. The molecule has 0 unspecified atom stereocenters. The van der Waals surface area contributed by atoms with Crippen LogP contribution in [-0.4, -0.2) is 9.13 Å². The molecule has 3 aromatic heterocycles. The number of benzene rings is 7. The number of nitrogens with zero attached hydrogens (tertiary/aromatic N) is 4. The van der Waals surface area contributed by atoms with E-state index in [2.05, 4.69) is 141 Å². The van der Waals surface area contributed by atoms with Crippen molar-refractivity contribution in [2.45, 2.75) is 0 Å². The van der Waals surface area contributed by atoms with E-state index < -0.39 is 0 Å². The molecule has 0 radical (unpaired) electrons. The summed E-state index contributed by atoms with van der Waals surface area (Å²) in [6, 6.07) is 53.2. The van der Waals surface area contributed by atoms with Gasteiger partial charge in [0.05, 0.1) is 40.3 Å². The number of para-hydroxylation sites is 1. The molecule has 0 saturated carbocycles. The second-order valence-corrected chi connectivity index (χ2v) is 13.5. The fraction of sp³-hybridized carbons (Fsp3) is 0. The molecule has 10 aromatic rings. The standard InChI is InChI=1S/C44H24N4S/c1-46-30-17-19-39-36(25-30)43-40(20-21-42-44(43)34-13-3-5-15-41(34)49-42)48(39)32-11-7-9-29(24-32)28-8-6-10-31(23-28)47-37-14-4-2-12-33(37)35-22-27(26-45)16-18-38(35)47/h2-25H. The van der Waals surface area contributed by atoms with E-state index in [1.807, 2.05) is 35.6 Å². The van der Waals surface area contributed by atoms with Crippen LogP contribution in [0.25, 0.3) is 91.1 Å². The van der Waals surface area contributed by atoms with Crippen LogP contribution >= 0.6 is 11.3 Å². The molecule has 10 rings (SSSR count). The third-order valence-corrected chi connectivity index (χ3v) is 10.9. The maximum Gasteiger partial charge on any atom is 0.188 e. The highest BCUT2D eigenvalue weighted by molar-refractivity contribution is 7.26. The molecule has 0 aliphatic heterocycles. The fourth-order valence-electron chi connectivity index (χ4n) is 7.63. The zero-order valence-electron chi connectivity index (χ0n) is 26.1. The second kappa shape index (κ2) is 10.4. The molecule has 7 aromatic carbocycles. The molecule has 226 valence electrons. The van der Waals surface area contributed by atoms with Crippen molar-refractivity contribution in [1.82, 2.24) is 9.13 Å². The first-order valence-corrected chi connectivity index (χ1v) is 16.9. The van der Waals surface area contributed by atoms with Gasteiger partial charge < -0.3 is 9.13 Å². The monoisotopic (exact) mass is 640 g/mol. The maximum atomic E-state index is 9.60. The van der Waals surface area contributed by atoms with Crippen molar-refractivity contribution >= 4 is 80.8 Å². The maximum absolute atomic E-state index is 9.60. The lowest BCUT2D eigenvalue weighted by atomic mass is 10.0. The van der Waals surface area contributed by atoms with Gasteiger partial charge in [-0.15, -0.1) is 11.3 Å². The number of fused-ring (bicyclic) bond motifs is 10. The number of rotatable bonds is 3. The summed E-state index contributed by atoms with van der Waals surface area (Å²) >= 11 is 1.82. The summed E-state index contributed by atoms with van der Waals surface area (Å²) in [6.45, 7) is 7.77. The van der Waals surface area contributed by atoms with Gasteiger partial charge in [-0.25, -0.2) is 4.85 Å². The Hall–Kier alpha value is -6.66. The summed E-state index contributed by atoms with van der Waals surface area (Å²) in [5.74, 6) is 0. The minimum absolute atomic E-state index is 0.641.